The highest BCUT2D eigenvalue weighted by Crippen LogP contribution is 2.25. The van der Waals surface area contributed by atoms with Gasteiger partial charge in [0.2, 0.25) is 0 Å². The maximum atomic E-state index is 6.03. The number of rotatable bonds is 5. The second-order valence-electron chi connectivity index (χ2n) is 3.95. The van der Waals surface area contributed by atoms with Crippen LogP contribution in [0.3, 0.4) is 0 Å². The van der Waals surface area contributed by atoms with Crippen LogP contribution in [-0.2, 0) is 17.9 Å². The summed E-state index contributed by atoms with van der Waals surface area (Å²) < 4.78 is 7.53. The average Bonchev–Trinajstić information content (AvgIpc) is 2.65. The predicted molar refractivity (Wildman–Crippen MR) is 71.3 cm³/mol. The van der Waals surface area contributed by atoms with E-state index in [0.29, 0.717) is 19.9 Å². The van der Waals surface area contributed by atoms with E-state index in [1.165, 1.54) is 10.9 Å². The maximum Gasteiger partial charge on any atom is 0.122 e. The number of ether oxygens (including phenoxy) is 1. The molecule has 0 saturated carbocycles. The van der Waals surface area contributed by atoms with Gasteiger partial charge in [-0.15, -0.1) is 0 Å². The zero-order chi connectivity index (χ0) is 12.3. The molecule has 0 spiro atoms. The molecule has 0 aliphatic heterocycles. The summed E-state index contributed by atoms with van der Waals surface area (Å²) in [6, 6.07) is 5.93. The lowest BCUT2D eigenvalue weighted by Gasteiger charge is -2.04. The van der Waals surface area contributed by atoms with Crippen LogP contribution in [0.25, 0.3) is 10.9 Å². The molecule has 92 valence electrons. The third kappa shape index (κ3) is 2.63. The van der Waals surface area contributed by atoms with Crippen molar-refractivity contribution < 1.29 is 4.74 Å². The first kappa shape index (κ1) is 12.4. The van der Waals surface area contributed by atoms with Crippen molar-refractivity contribution in [2.75, 3.05) is 13.2 Å². The molecule has 17 heavy (non-hydrogen) atoms. The first-order chi connectivity index (χ1) is 8.26. The topological polar surface area (TPSA) is 40.2 Å². The molecule has 0 radical (unpaired) electrons. The van der Waals surface area contributed by atoms with Gasteiger partial charge in [-0.1, -0.05) is 17.7 Å². The molecule has 3 nitrogen and oxygen atoms in total. The Balaban J connectivity index is 2.46. The zero-order valence-electron chi connectivity index (χ0n) is 9.95. The number of halogens is 1. The van der Waals surface area contributed by atoms with E-state index in [0.717, 1.165) is 17.0 Å². The SMILES string of the molecule is CCOCn1cc(CCN)c2ccc(Cl)cc21. The minimum absolute atomic E-state index is 0.553. The normalized spacial score (nSPS) is 11.2. The summed E-state index contributed by atoms with van der Waals surface area (Å²) in [7, 11) is 0. The fraction of sp³-hybridized carbons (Fsp3) is 0.385. The van der Waals surface area contributed by atoms with Crippen LogP contribution < -0.4 is 5.73 Å². The summed E-state index contributed by atoms with van der Waals surface area (Å²) >= 11 is 6.03. The Labute approximate surface area is 106 Å². The predicted octanol–water partition coefficient (Wildman–Crippen LogP) is 2.79. The molecule has 4 heteroatoms. The largest absolute Gasteiger partial charge is 0.361 e. The van der Waals surface area contributed by atoms with E-state index in [4.69, 9.17) is 22.1 Å². The molecule has 0 atom stereocenters. The summed E-state index contributed by atoms with van der Waals surface area (Å²) in [6.07, 6.45) is 2.97. The molecule has 2 N–H and O–H groups in total. The van der Waals surface area contributed by atoms with E-state index in [2.05, 4.69) is 10.8 Å². The highest BCUT2D eigenvalue weighted by molar-refractivity contribution is 6.31. The fourth-order valence-electron chi connectivity index (χ4n) is 1.99. The van der Waals surface area contributed by atoms with Gasteiger partial charge in [-0.05, 0) is 37.6 Å². The second kappa shape index (κ2) is 5.54. The van der Waals surface area contributed by atoms with Gasteiger partial charge in [0.1, 0.15) is 6.73 Å². The van der Waals surface area contributed by atoms with Crippen LogP contribution in [0, 0.1) is 0 Å². The Morgan fingerprint density at radius 3 is 2.94 bits per heavy atom. The molecular weight excluding hydrogens is 236 g/mol. The molecule has 0 fully saturated rings. The highest BCUT2D eigenvalue weighted by atomic mass is 35.5. The van der Waals surface area contributed by atoms with Crippen LogP contribution >= 0.6 is 11.6 Å². The molecule has 0 saturated heterocycles. The van der Waals surface area contributed by atoms with Crippen molar-refractivity contribution >= 4 is 22.5 Å². The van der Waals surface area contributed by atoms with Gasteiger partial charge in [-0.2, -0.15) is 0 Å². The standard InChI is InChI=1S/C13H17ClN2O/c1-2-17-9-16-8-10(5-6-15)12-4-3-11(14)7-13(12)16/h3-4,7-8H,2,5-6,9,15H2,1H3. The lowest BCUT2D eigenvalue weighted by atomic mass is 10.1. The minimum atomic E-state index is 0.553. The van der Waals surface area contributed by atoms with Crippen molar-refractivity contribution in [1.82, 2.24) is 4.57 Å². The second-order valence-corrected chi connectivity index (χ2v) is 4.38. The number of nitrogens with two attached hydrogens (primary N) is 1. The Morgan fingerprint density at radius 2 is 2.24 bits per heavy atom. The fourth-order valence-corrected chi connectivity index (χ4v) is 2.16. The Kier molecular flexibility index (Phi) is 4.05. The summed E-state index contributed by atoms with van der Waals surface area (Å²) in [5.41, 5.74) is 7.98. The monoisotopic (exact) mass is 252 g/mol. The summed E-state index contributed by atoms with van der Waals surface area (Å²) in [4.78, 5) is 0. The molecule has 0 amide bonds. The van der Waals surface area contributed by atoms with Gasteiger partial charge in [0, 0.05) is 23.2 Å². The zero-order valence-corrected chi connectivity index (χ0v) is 10.7. The van der Waals surface area contributed by atoms with E-state index in [1.54, 1.807) is 0 Å². The Morgan fingerprint density at radius 1 is 1.41 bits per heavy atom. The van der Waals surface area contributed by atoms with Crippen molar-refractivity contribution in [3.8, 4) is 0 Å². The molecular formula is C13H17ClN2O. The number of hydrogen-bond donors (Lipinski definition) is 1. The number of fused-ring (bicyclic) bond motifs is 1. The van der Waals surface area contributed by atoms with Crippen LogP contribution in [0.1, 0.15) is 12.5 Å². The number of benzene rings is 1. The quantitative estimate of drug-likeness (QED) is 0.889. The summed E-state index contributed by atoms with van der Waals surface area (Å²) in [5.74, 6) is 0. The van der Waals surface area contributed by atoms with Crippen LogP contribution in [0.5, 0.6) is 0 Å². The third-order valence-corrected chi connectivity index (χ3v) is 3.01. The molecule has 0 aliphatic rings. The molecule has 1 aromatic heterocycles. The van der Waals surface area contributed by atoms with Gasteiger partial charge in [-0.25, -0.2) is 0 Å². The van der Waals surface area contributed by atoms with Gasteiger partial charge >= 0.3 is 0 Å². The number of hydrogen-bond acceptors (Lipinski definition) is 2. The van der Waals surface area contributed by atoms with Crippen LogP contribution in [0.15, 0.2) is 24.4 Å². The molecule has 2 rings (SSSR count). The van der Waals surface area contributed by atoms with Gasteiger partial charge in [-0.3, -0.25) is 0 Å². The van der Waals surface area contributed by atoms with Crippen molar-refractivity contribution in [2.45, 2.75) is 20.1 Å². The smallest absolute Gasteiger partial charge is 0.122 e. The Bertz CT molecular complexity index is 507. The molecule has 0 unspecified atom stereocenters. The van der Waals surface area contributed by atoms with Crippen molar-refractivity contribution in [1.29, 1.82) is 0 Å². The van der Waals surface area contributed by atoms with E-state index < -0.39 is 0 Å². The van der Waals surface area contributed by atoms with Gasteiger partial charge in [0.15, 0.2) is 0 Å². The van der Waals surface area contributed by atoms with Gasteiger partial charge in [0.05, 0.1) is 5.52 Å². The number of nitrogens with zero attached hydrogens (tertiary/aromatic N) is 1. The van der Waals surface area contributed by atoms with Gasteiger partial charge in [0.25, 0.3) is 0 Å². The average molecular weight is 253 g/mol. The lowest BCUT2D eigenvalue weighted by Crippen LogP contribution is -2.03. The van der Waals surface area contributed by atoms with E-state index in [9.17, 15) is 0 Å². The van der Waals surface area contributed by atoms with Crippen molar-refractivity contribution in [3.05, 3.63) is 35.0 Å². The van der Waals surface area contributed by atoms with E-state index in [-0.39, 0.29) is 0 Å². The van der Waals surface area contributed by atoms with Crippen molar-refractivity contribution in [2.24, 2.45) is 5.73 Å². The Hall–Kier alpha value is -1.03. The van der Waals surface area contributed by atoms with Gasteiger partial charge < -0.3 is 15.0 Å². The lowest BCUT2D eigenvalue weighted by molar-refractivity contribution is 0.0908. The minimum Gasteiger partial charge on any atom is -0.361 e. The molecule has 0 aliphatic carbocycles. The third-order valence-electron chi connectivity index (χ3n) is 2.78. The molecule has 2 aromatic rings. The first-order valence-electron chi connectivity index (χ1n) is 5.81. The summed E-state index contributed by atoms with van der Waals surface area (Å²) in [5, 5.41) is 1.95. The first-order valence-corrected chi connectivity index (χ1v) is 6.19. The van der Waals surface area contributed by atoms with E-state index in [1.807, 2.05) is 25.1 Å². The van der Waals surface area contributed by atoms with Crippen LogP contribution in [-0.4, -0.2) is 17.7 Å². The summed E-state index contributed by atoms with van der Waals surface area (Å²) in [6.45, 7) is 3.89. The number of aromatic nitrogens is 1. The van der Waals surface area contributed by atoms with Crippen LogP contribution in [0.2, 0.25) is 5.02 Å². The van der Waals surface area contributed by atoms with E-state index >= 15 is 0 Å². The molecule has 1 aromatic carbocycles. The molecule has 0 bridgehead atoms. The molecule has 1 heterocycles. The van der Waals surface area contributed by atoms with Crippen molar-refractivity contribution in [3.63, 3.8) is 0 Å². The highest BCUT2D eigenvalue weighted by Gasteiger charge is 2.08. The van der Waals surface area contributed by atoms with Crippen LogP contribution in [0.4, 0.5) is 0 Å². The maximum absolute atomic E-state index is 6.03.